The van der Waals surface area contributed by atoms with Crippen molar-refractivity contribution >= 4 is 34.7 Å². The van der Waals surface area contributed by atoms with Crippen LogP contribution in [0.5, 0.6) is 0 Å². The fraction of sp³-hybridized carbons (Fsp3) is 0.0833. The van der Waals surface area contributed by atoms with Crippen molar-refractivity contribution in [3.8, 4) is 0 Å². The molecule has 3 N–H and O–H groups in total. The first kappa shape index (κ1) is 20.9. The van der Waals surface area contributed by atoms with Gasteiger partial charge in [-0.25, -0.2) is 4.39 Å². The molecule has 1 heterocycles. The van der Waals surface area contributed by atoms with Crippen LogP contribution in [0, 0.1) is 5.82 Å². The zero-order valence-electron chi connectivity index (χ0n) is 16.9. The Bertz CT molecular complexity index is 1210. The van der Waals surface area contributed by atoms with Gasteiger partial charge in [-0.2, -0.15) is 5.10 Å². The Balaban J connectivity index is 1.53. The Morgan fingerprint density at radius 1 is 0.938 bits per heavy atom. The SMILES string of the molecule is NC(=O)C1CC(C(=O)Nc2cccc(C(=O)c3ccccc3)c2)=NN1c1ccc(F)cc1. The Hall–Kier alpha value is -4.33. The average molecular weight is 430 g/mol. The third kappa shape index (κ3) is 4.39. The van der Waals surface area contributed by atoms with Crippen LogP contribution < -0.4 is 16.1 Å². The first-order valence-corrected chi connectivity index (χ1v) is 9.85. The minimum atomic E-state index is -0.868. The van der Waals surface area contributed by atoms with E-state index in [1.54, 1.807) is 48.5 Å². The number of hydrogen-bond acceptors (Lipinski definition) is 5. The van der Waals surface area contributed by atoms with E-state index >= 15 is 0 Å². The van der Waals surface area contributed by atoms with Gasteiger partial charge in [0.1, 0.15) is 17.6 Å². The molecule has 7 nitrogen and oxygen atoms in total. The molecule has 0 fully saturated rings. The van der Waals surface area contributed by atoms with Crippen LogP contribution in [0.25, 0.3) is 0 Å². The average Bonchev–Trinajstić information content (AvgIpc) is 3.26. The lowest BCUT2D eigenvalue weighted by molar-refractivity contribution is -0.119. The lowest BCUT2D eigenvalue weighted by atomic mass is 10.0. The molecule has 1 atom stereocenters. The molecule has 0 aliphatic carbocycles. The lowest BCUT2D eigenvalue weighted by Crippen LogP contribution is -2.39. The molecule has 1 aliphatic rings. The number of rotatable bonds is 6. The molecule has 4 rings (SSSR count). The summed E-state index contributed by atoms with van der Waals surface area (Å²) in [6, 6.07) is 19.9. The van der Waals surface area contributed by atoms with Gasteiger partial charge in [0.15, 0.2) is 5.78 Å². The molecule has 32 heavy (non-hydrogen) atoms. The second-order valence-electron chi connectivity index (χ2n) is 7.22. The van der Waals surface area contributed by atoms with E-state index in [0.29, 0.717) is 22.5 Å². The number of amides is 2. The molecule has 0 radical (unpaired) electrons. The van der Waals surface area contributed by atoms with Crippen LogP contribution in [0.2, 0.25) is 0 Å². The van der Waals surface area contributed by atoms with Gasteiger partial charge < -0.3 is 11.1 Å². The minimum Gasteiger partial charge on any atom is -0.368 e. The minimum absolute atomic E-state index is 0.00117. The highest BCUT2D eigenvalue weighted by molar-refractivity contribution is 6.44. The van der Waals surface area contributed by atoms with Gasteiger partial charge in [-0.15, -0.1) is 0 Å². The summed E-state index contributed by atoms with van der Waals surface area (Å²) in [5.74, 6) is -1.78. The molecule has 3 aromatic rings. The van der Waals surface area contributed by atoms with Crippen molar-refractivity contribution in [2.75, 3.05) is 10.3 Å². The summed E-state index contributed by atoms with van der Waals surface area (Å²) in [6.45, 7) is 0. The van der Waals surface area contributed by atoms with Crippen LogP contribution in [0.4, 0.5) is 15.8 Å². The predicted molar refractivity (Wildman–Crippen MR) is 119 cm³/mol. The van der Waals surface area contributed by atoms with Gasteiger partial charge in [-0.05, 0) is 36.4 Å². The largest absolute Gasteiger partial charge is 0.368 e. The maximum atomic E-state index is 13.2. The van der Waals surface area contributed by atoms with Crippen molar-refractivity contribution in [3.05, 3.63) is 95.8 Å². The molecule has 0 saturated carbocycles. The van der Waals surface area contributed by atoms with E-state index in [2.05, 4.69) is 10.4 Å². The van der Waals surface area contributed by atoms with Gasteiger partial charge in [0.2, 0.25) is 5.91 Å². The second kappa shape index (κ2) is 8.81. The maximum absolute atomic E-state index is 13.2. The monoisotopic (exact) mass is 430 g/mol. The van der Waals surface area contributed by atoms with Gasteiger partial charge in [-0.3, -0.25) is 19.4 Å². The number of ketones is 1. The molecule has 0 bridgehead atoms. The van der Waals surface area contributed by atoms with E-state index in [9.17, 15) is 18.8 Å². The van der Waals surface area contributed by atoms with Crippen LogP contribution in [-0.2, 0) is 9.59 Å². The zero-order chi connectivity index (χ0) is 22.7. The van der Waals surface area contributed by atoms with Crippen molar-refractivity contribution in [2.45, 2.75) is 12.5 Å². The standard InChI is InChI=1S/C24H19FN4O3/c25-17-9-11-19(12-10-17)29-21(23(26)31)14-20(28-29)24(32)27-18-8-4-7-16(13-18)22(30)15-5-2-1-3-6-15/h1-13,21H,14H2,(H2,26,31)(H,27,32). The Morgan fingerprint density at radius 2 is 1.62 bits per heavy atom. The Kier molecular flexibility index (Phi) is 5.76. The first-order chi connectivity index (χ1) is 15.4. The molecule has 0 spiro atoms. The molecule has 1 aliphatic heterocycles. The number of hydrazone groups is 1. The van der Waals surface area contributed by atoms with Gasteiger partial charge in [-0.1, -0.05) is 42.5 Å². The molecule has 2 amide bonds. The van der Waals surface area contributed by atoms with E-state index in [1.165, 1.54) is 29.3 Å². The van der Waals surface area contributed by atoms with E-state index in [0.717, 1.165) is 0 Å². The molecule has 0 saturated heterocycles. The topological polar surface area (TPSA) is 105 Å². The van der Waals surface area contributed by atoms with E-state index in [-0.39, 0.29) is 17.9 Å². The van der Waals surface area contributed by atoms with Crippen LogP contribution in [0.15, 0.2) is 84.0 Å². The number of hydrogen-bond donors (Lipinski definition) is 2. The number of anilines is 2. The molecule has 8 heteroatoms. The third-order valence-electron chi connectivity index (χ3n) is 5.01. The summed E-state index contributed by atoms with van der Waals surface area (Å²) in [7, 11) is 0. The molecular weight excluding hydrogens is 411 g/mol. The number of carbonyl (C=O) groups excluding carboxylic acids is 3. The molecular formula is C24H19FN4O3. The Labute approximate surface area is 183 Å². The van der Waals surface area contributed by atoms with Gasteiger partial charge in [0, 0.05) is 23.2 Å². The summed E-state index contributed by atoms with van der Waals surface area (Å²) >= 11 is 0. The Morgan fingerprint density at radius 3 is 2.31 bits per heavy atom. The van der Waals surface area contributed by atoms with Crippen LogP contribution in [0.1, 0.15) is 22.3 Å². The highest BCUT2D eigenvalue weighted by atomic mass is 19.1. The van der Waals surface area contributed by atoms with Crippen molar-refractivity contribution in [3.63, 3.8) is 0 Å². The number of halogens is 1. The molecule has 0 aromatic heterocycles. The third-order valence-corrected chi connectivity index (χ3v) is 5.01. The number of primary amides is 1. The predicted octanol–water partition coefficient (Wildman–Crippen LogP) is 3.12. The smallest absolute Gasteiger partial charge is 0.271 e. The van der Waals surface area contributed by atoms with Crippen LogP contribution in [0.3, 0.4) is 0 Å². The van der Waals surface area contributed by atoms with E-state index in [1.807, 2.05) is 6.07 Å². The quantitative estimate of drug-likeness (QED) is 0.586. The number of nitrogens with two attached hydrogens (primary N) is 1. The number of benzene rings is 3. The van der Waals surface area contributed by atoms with Crippen LogP contribution >= 0.6 is 0 Å². The van der Waals surface area contributed by atoms with E-state index < -0.39 is 23.7 Å². The fourth-order valence-electron chi connectivity index (χ4n) is 3.40. The summed E-state index contributed by atoms with van der Waals surface area (Å²) < 4.78 is 13.2. The summed E-state index contributed by atoms with van der Waals surface area (Å²) in [5, 5.41) is 8.26. The number of nitrogens with zero attached hydrogens (tertiary/aromatic N) is 2. The normalized spacial score (nSPS) is 15.2. The fourth-order valence-corrected chi connectivity index (χ4v) is 3.40. The second-order valence-corrected chi connectivity index (χ2v) is 7.22. The lowest BCUT2D eigenvalue weighted by Gasteiger charge is -2.20. The van der Waals surface area contributed by atoms with Gasteiger partial charge in [0.05, 0.1) is 5.69 Å². The number of nitrogens with one attached hydrogen (secondary N) is 1. The molecule has 160 valence electrons. The van der Waals surface area contributed by atoms with Gasteiger partial charge in [0.25, 0.3) is 5.91 Å². The van der Waals surface area contributed by atoms with Crippen LogP contribution in [-0.4, -0.2) is 29.4 Å². The van der Waals surface area contributed by atoms with Crippen molar-refractivity contribution in [2.24, 2.45) is 10.8 Å². The van der Waals surface area contributed by atoms with Gasteiger partial charge >= 0.3 is 0 Å². The molecule has 3 aromatic carbocycles. The summed E-state index contributed by atoms with van der Waals surface area (Å²) in [4.78, 5) is 37.4. The highest BCUT2D eigenvalue weighted by Gasteiger charge is 2.35. The van der Waals surface area contributed by atoms with Crippen molar-refractivity contribution < 1.29 is 18.8 Å². The zero-order valence-corrected chi connectivity index (χ0v) is 16.9. The van der Waals surface area contributed by atoms with Crippen molar-refractivity contribution in [1.82, 2.24) is 0 Å². The highest BCUT2D eigenvalue weighted by Crippen LogP contribution is 2.25. The summed E-state index contributed by atoms with van der Waals surface area (Å²) in [5.41, 5.74) is 7.39. The van der Waals surface area contributed by atoms with Crippen molar-refractivity contribution in [1.29, 1.82) is 0 Å². The number of carbonyl (C=O) groups is 3. The first-order valence-electron chi connectivity index (χ1n) is 9.85. The molecule has 1 unspecified atom stereocenters. The maximum Gasteiger partial charge on any atom is 0.271 e. The summed E-state index contributed by atoms with van der Waals surface area (Å²) in [6.07, 6.45) is 0.00117. The van der Waals surface area contributed by atoms with E-state index in [4.69, 9.17) is 5.73 Å².